The van der Waals surface area contributed by atoms with Gasteiger partial charge in [0.15, 0.2) is 6.29 Å². The van der Waals surface area contributed by atoms with E-state index in [-0.39, 0.29) is 6.29 Å². The van der Waals surface area contributed by atoms with Gasteiger partial charge < -0.3 is 14.4 Å². The van der Waals surface area contributed by atoms with E-state index < -0.39 is 0 Å². The lowest BCUT2D eigenvalue weighted by atomic mass is 9.97. The number of anilines is 1. The maximum atomic E-state index is 5.90. The van der Waals surface area contributed by atoms with Crippen molar-refractivity contribution in [1.82, 2.24) is 24.6 Å². The van der Waals surface area contributed by atoms with Crippen molar-refractivity contribution in [1.29, 1.82) is 0 Å². The fraction of sp³-hybridized carbons (Fsp3) is 0.536. The van der Waals surface area contributed by atoms with Crippen LogP contribution in [0.25, 0.3) is 16.8 Å². The highest BCUT2D eigenvalue weighted by atomic mass is 16.7. The van der Waals surface area contributed by atoms with E-state index in [4.69, 9.17) is 9.47 Å². The topological polar surface area (TPSA) is 68.5 Å². The van der Waals surface area contributed by atoms with E-state index in [1.54, 1.807) is 0 Å². The molecule has 190 valence electrons. The summed E-state index contributed by atoms with van der Waals surface area (Å²) in [5.74, 6) is 2.01. The van der Waals surface area contributed by atoms with Crippen molar-refractivity contribution in [3.8, 4) is 16.8 Å². The summed E-state index contributed by atoms with van der Waals surface area (Å²) in [6, 6.07) is 9.02. The fourth-order valence-corrected chi connectivity index (χ4v) is 5.65. The summed E-state index contributed by atoms with van der Waals surface area (Å²) in [5.41, 5.74) is 6.16. The molecule has 0 aliphatic carbocycles. The summed E-state index contributed by atoms with van der Waals surface area (Å²) in [7, 11) is 0. The van der Waals surface area contributed by atoms with E-state index in [1.165, 1.54) is 40.9 Å². The zero-order valence-electron chi connectivity index (χ0n) is 21.2. The van der Waals surface area contributed by atoms with Crippen LogP contribution < -0.4 is 4.90 Å². The van der Waals surface area contributed by atoms with Gasteiger partial charge in [-0.1, -0.05) is 6.07 Å². The Morgan fingerprint density at radius 3 is 2.78 bits per heavy atom. The number of hydrogen-bond acceptors (Lipinski definition) is 7. The molecule has 1 aromatic carbocycles. The molecule has 3 aliphatic rings. The molecule has 1 unspecified atom stereocenters. The third kappa shape index (κ3) is 5.03. The standard InChI is InChI=1S/C28H36N6O2/c1-21-30-31-27-9-7-23-17-22(6-8-26(23)34(21)27)24-18-25(20-29-19-24)33-13-11-32(12-14-33)10-4-16-36-28-5-2-3-15-35-28/h6,8,17-20,28H,2-5,7,9-16H2,1H3. The van der Waals surface area contributed by atoms with Gasteiger partial charge in [-0.05, 0) is 68.4 Å². The first-order valence-electron chi connectivity index (χ1n) is 13.4. The van der Waals surface area contributed by atoms with Crippen LogP contribution in [-0.2, 0) is 22.3 Å². The van der Waals surface area contributed by atoms with Crippen LogP contribution in [0.5, 0.6) is 0 Å². The molecule has 0 radical (unpaired) electrons. The van der Waals surface area contributed by atoms with Crippen LogP contribution in [0.15, 0.2) is 36.7 Å². The highest BCUT2D eigenvalue weighted by Crippen LogP contribution is 2.31. The summed E-state index contributed by atoms with van der Waals surface area (Å²) in [5, 5.41) is 8.60. The third-order valence-corrected chi connectivity index (χ3v) is 7.69. The van der Waals surface area contributed by atoms with Crippen molar-refractivity contribution in [2.45, 2.75) is 51.7 Å². The molecule has 2 fully saturated rings. The number of aryl methyl sites for hydroxylation is 3. The minimum Gasteiger partial charge on any atom is -0.368 e. The van der Waals surface area contributed by atoms with Crippen molar-refractivity contribution in [2.24, 2.45) is 0 Å². The van der Waals surface area contributed by atoms with Crippen LogP contribution in [0.3, 0.4) is 0 Å². The number of aromatic nitrogens is 4. The van der Waals surface area contributed by atoms with Gasteiger partial charge in [-0.25, -0.2) is 0 Å². The molecule has 3 aromatic rings. The van der Waals surface area contributed by atoms with Gasteiger partial charge in [0.05, 0.1) is 24.2 Å². The van der Waals surface area contributed by atoms with Crippen LogP contribution in [-0.4, -0.2) is 76.9 Å². The Labute approximate surface area is 213 Å². The van der Waals surface area contributed by atoms with E-state index in [1.807, 2.05) is 19.3 Å². The quantitative estimate of drug-likeness (QED) is 0.469. The monoisotopic (exact) mass is 488 g/mol. The van der Waals surface area contributed by atoms with Gasteiger partial charge in [-0.2, -0.15) is 0 Å². The number of rotatable bonds is 7. The second kappa shape index (κ2) is 10.7. The van der Waals surface area contributed by atoms with Gasteiger partial charge in [0.1, 0.15) is 11.6 Å². The van der Waals surface area contributed by atoms with Crippen molar-refractivity contribution >= 4 is 5.69 Å². The van der Waals surface area contributed by atoms with Gasteiger partial charge in [-0.15, -0.1) is 10.2 Å². The predicted molar refractivity (Wildman–Crippen MR) is 140 cm³/mol. The van der Waals surface area contributed by atoms with Crippen molar-refractivity contribution in [3.63, 3.8) is 0 Å². The summed E-state index contributed by atoms with van der Waals surface area (Å²) in [4.78, 5) is 9.61. The Hall–Kier alpha value is -2.81. The molecule has 0 saturated carbocycles. The minimum absolute atomic E-state index is 0.0231. The van der Waals surface area contributed by atoms with Gasteiger partial charge in [0.2, 0.25) is 0 Å². The number of fused-ring (bicyclic) bond motifs is 3. The predicted octanol–water partition coefficient (Wildman–Crippen LogP) is 3.79. The van der Waals surface area contributed by atoms with Gasteiger partial charge in [-0.3, -0.25) is 14.5 Å². The lowest BCUT2D eigenvalue weighted by Crippen LogP contribution is -2.46. The molecule has 8 heteroatoms. The third-order valence-electron chi connectivity index (χ3n) is 7.69. The number of hydrogen-bond donors (Lipinski definition) is 0. The average Bonchev–Trinajstić information content (AvgIpc) is 3.33. The second-order valence-corrected chi connectivity index (χ2v) is 10.1. The molecule has 36 heavy (non-hydrogen) atoms. The first-order chi connectivity index (χ1) is 17.7. The van der Waals surface area contributed by atoms with E-state index in [2.05, 4.69) is 53.8 Å². The van der Waals surface area contributed by atoms with Gasteiger partial charge in [0, 0.05) is 57.5 Å². The molecule has 0 N–H and O–H groups in total. The molecular formula is C28H36N6O2. The van der Waals surface area contributed by atoms with Crippen LogP contribution in [0, 0.1) is 6.92 Å². The molecule has 6 rings (SSSR count). The van der Waals surface area contributed by atoms with Crippen molar-refractivity contribution < 1.29 is 9.47 Å². The lowest BCUT2D eigenvalue weighted by molar-refractivity contribution is -0.163. The molecule has 0 bridgehead atoms. The minimum atomic E-state index is 0.0231. The Morgan fingerprint density at radius 2 is 1.92 bits per heavy atom. The van der Waals surface area contributed by atoms with E-state index in [9.17, 15) is 0 Å². The maximum absolute atomic E-state index is 5.90. The molecule has 2 aromatic heterocycles. The first kappa shape index (κ1) is 23.6. The Bertz CT molecular complexity index is 1180. The van der Waals surface area contributed by atoms with Crippen LogP contribution in [0.1, 0.15) is 42.9 Å². The zero-order valence-corrected chi connectivity index (χ0v) is 21.2. The summed E-state index contributed by atoms with van der Waals surface area (Å²) >= 11 is 0. The van der Waals surface area contributed by atoms with Crippen molar-refractivity contribution in [3.05, 3.63) is 53.9 Å². The van der Waals surface area contributed by atoms with Crippen molar-refractivity contribution in [2.75, 3.05) is 50.8 Å². The number of benzene rings is 1. The van der Waals surface area contributed by atoms with Gasteiger partial charge >= 0.3 is 0 Å². The summed E-state index contributed by atoms with van der Waals surface area (Å²) in [6.45, 7) is 8.94. The molecule has 2 saturated heterocycles. The smallest absolute Gasteiger partial charge is 0.157 e. The Kier molecular flexibility index (Phi) is 6.98. The molecule has 1 atom stereocenters. The molecule has 3 aliphatic heterocycles. The maximum Gasteiger partial charge on any atom is 0.157 e. The number of ether oxygens (including phenoxy) is 2. The molecule has 8 nitrogen and oxygen atoms in total. The first-order valence-corrected chi connectivity index (χ1v) is 13.4. The van der Waals surface area contributed by atoms with Crippen LogP contribution >= 0.6 is 0 Å². The Balaban J connectivity index is 1.05. The van der Waals surface area contributed by atoms with E-state index in [0.717, 1.165) is 83.3 Å². The number of nitrogens with zero attached hydrogens (tertiary/aromatic N) is 6. The van der Waals surface area contributed by atoms with Crippen LogP contribution in [0.2, 0.25) is 0 Å². The van der Waals surface area contributed by atoms with E-state index >= 15 is 0 Å². The fourth-order valence-electron chi connectivity index (χ4n) is 5.65. The molecular weight excluding hydrogens is 452 g/mol. The zero-order chi connectivity index (χ0) is 24.3. The van der Waals surface area contributed by atoms with Gasteiger partial charge in [0.25, 0.3) is 0 Å². The Morgan fingerprint density at radius 1 is 1.00 bits per heavy atom. The summed E-state index contributed by atoms with van der Waals surface area (Å²) < 4.78 is 13.7. The molecule has 0 spiro atoms. The largest absolute Gasteiger partial charge is 0.368 e. The average molecular weight is 489 g/mol. The molecule has 0 amide bonds. The molecule has 5 heterocycles. The van der Waals surface area contributed by atoms with E-state index in [0.29, 0.717) is 0 Å². The second-order valence-electron chi connectivity index (χ2n) is 10.1. The lowest BCUT2D eigenvalue weighted by Gasteiger charge is -2.36. The summed E-state index contributed by atoms with van der Waals surface area (Å²) in [6.07, 6.45) is 10.4. The SMILES string of the molecule is Cc1nnc2n1-c1ccc(-c3cncc(N4CCN(CCCOC5CCCCO5)CC4)c3)cc1CC2. The number of piperazine rings is 1. The number of pyridine rings is 1. The highest BCUT2D eigenvalue weighted by molar-refractivity contribution is 5.70. The normalized spacial score (nSPS) is 20.2. The highest BCUT2D eigenvalue weighted by Gasteiger charge is 2.21. The van der Waals surface area contributed by atoms with Crippen LogP contribution in [0.4, 0.5) is 5.69 Å².